The van der Waals surface area contributed by atoms with Crippen molar-refractivity contribution in [3.05, 3.63) is 35.7 Å². The van der Waals surface area contributed by atoms with E-state index < -0.39 is 10.0 Å². The second-order valence-corrected chi connectivity index (χ2v) is 9.47. The van der Waals surface area contributed by atoms with Crippen molar-refractivity contribution in [2.45, 2.75) is 57.5 Å². The summed E-state index contributed by atoms with van der Waals surface area (Å²) in [6.07, 6.45) is 2.02. The topological polar surface area (TPSA) is 85.4 Å². The molecule has 8 nitrogen and oxygen atoms in total. The van der Waals surface area contributed by atoms with Gasteiger partial charge < -0.3 is 4.90 Å². The SMILES string of the molecule is CCCn1nnnc1C[NH+]1CCN(S(=O)(=O)c2ccc([C@H](C)CC)cc2)CC1. The van der Waals surface area contributed by atoms with Crippen LogP contribution < -0.4 is 4.90 Å². The van der Waals surface area contributed by atoms with Crippen LogP contribution in [0.5, 0.6) is 0 Å². The molecule has 28 heavy (non-hydrogen) atoms. The summed E-state index contributed by atoms with van der Waals surface area (Å²) < 4.78 is 29.4. The molecule has 2 aromatic rings. The monoisotopic (exact) mass is 407 g/mol. The van der Waals surface area contributed by atoms with E-state index in [0.717, 1.165) is 44.8 Å². The van der Waals surface area contributed by atoms with Gasteiger partial charge in [0.15, 0.2) is 0 Å². The molecule has 154 valence electrons. The number of hydrogen-bond acceptors (Lipinski definition) is 5. The first-order chi connectivity index (χ1) is 13.5. The molecule has 2 heterocycles. The zero-order valence-electron chi connectivity index (χ0n) is 17.0. The first-order valence-electron chi connectivity index (χ1n) is 10.1. The summed E-state index contributed by atoms with van der Waals surface area (Å²) in [7, 11) is -3.44. The highest BCUT2D eigenvalue weighted by atomic mass is 32.2. The van der Waals surface area contributed by atoms with Gasteiger partial charge in [-0.05, 0) is 46.9 Å². The number of hydrogen-bond donors (Lipinski definition) is 1. The second-order valence-electron chi connectivity index (χ2n) is 7.53. The Morgan fingerprint density at radius 2 is 1.82 bits per heavy atom. The standard InChI is InChI=1S/C19H30N6O2S/c1-4-10-25-19(20-21-22-25)15-23-11-13-24(14-12-23)28(26,27)18-8-6-17(7-9-18)16(3)5-2/h6-9,16H,4-5,10-15H2,1-3H3/p+1/t16-/m1/s1. The lowest BCUT2D eigenvalue weighted by molar-refractivity contribution is -0.918. The van der Waals surface area contributed by atoms with E-state index in [-0.39, 0.29) is 0 Å². The van der Waals surface area contributed by atoms with Gasteiger partial charge in [-0.1, -0.05) is 32.9 Å². The molecule has 3 rings (SSSR count). The Balaban J connectivity index is 1.61. The van der Waals surface area contributed by atoms with Crippen molar-refractivity contribution in [3.63, 3.8) is 0 Å². The average Bonchev–Trinajstić information content (AvgIpc) is 3.15. The molecule has 0 bridgehead atoms. The molecular formula is C19H31N6O2S+. The fourth-order valence-electron chi connectivity index (χ4n) is 3.53. The van der Waals surface area contributed by atoms with Crippen LogP contribution in [0, 0.1) is 0 Å². The van der Waals surface area contributed by atoms with E-state index in [1.54, 1.807) is 16.4 Å². The number of piperazine rings is 1. The first kappa shape index (κ1) is 20.9. The van der Waals surface area contributed by atoms with Gasteiger partial charge in [0.05, 0.1) is 31.1 Å². The van der Waals surface area contributed by atoms with Crippen LogP contribution >= 0.6 is 0 Å². The number of quaternary nitrogens is 1. The largest absolute Gasteiger partial charge is 0.326 e. The van der Waals surface area contributed by atoms with Crippen molar-refractivity contribution < 1.29 is 13.3 Å². The van der Waals surface area contributed by atoms with Crippen molar-refractivity contribution in [2.24, 2.45) is 0 Å². The Hall–Kier alpha value is -1.84. The van der Waals surface area contributed by atoms with Gasteiger partial charge in [0.1, 0.15) is 6.54 Å². The quantitative estimate of drug-likeness (QED) is 0.696. The molecule has 1 N–H and O–H groups in total. The zero-order valence-corrected chi connectivity index (χ0v) is 17.8. The number of aryl methyl sites for hydroxylation is 1. The second kappa shape index (κ2) is 9.11. The van der Waals surface area contributed by atoms with Gasteiger partial charge in [0.2, 0.25) is 15.8 Å². The molecule has 1 fully saturated rings. The summed E-state index contributed by atoms with van der Waals surface area (Å²) in [6.45, 7) is 10.5. The van der Waals surface area contributed by atoms with Gasteiger partial charge in [0, 0.05) is 6.54 Å². The van der Waals surface area contributed by atoms with Gasteiger partial charge in [-0.15, -0.1) is 5.10 Å². The average molecular weight is 408 g/mol. The van der Waals surface area contributed by atoms with Crippen LogP contribution in [0.1, 0.15) is 50.9 Å². The number of tetrazole rings is 1. The summed E-state index contributed by atoms with van der Waals surface area (Å²) in [5.74, 6) is 1.31. The molecule has 1 aliphatic heterocycles. The van der Waals surface area contributed by atoms with E-state index in [1.807, 2.05) is 16.8 Å². The van der Waals surface area contributed by atoms with E-state index in [0.29, 0.717) is 23.9 Å². The maximum absolute atomic E-state index is 13.0. The number of benzene rings is 1. The zero-order chi connectivity index (χ0) is 20.1. The minimum Gasteiger partial charge on any atom is -0.326 e. The molecule has 1 aromatic heterocycles. The number of nitrogens with zero attached hydrogens (tertiary/aromatic N) is 5. The van der Waals surface area contributed by atoms with Gasteiger partial charge in [-0.3, -0.25) is 0 Å². The number of nitrogens with one attached hydrogen (secondary N) is 1. The molecule has 0 saturated carbocycles. The Kier molecular flexibility index (Phi) is 6.79. The van der Waals surface area contributed by atoms with Gasteiger partial charge in [-0.2, -0.15) is 4.31 Å². The lowest BCUT2D eigenvalue weighted by Gasteiger charge is -2.31. The van der Waals surface area contributed by atoms with E-state index in [9.17, 15) is 8.42 Å². The predicted molar refractivity (Wildman–Crippen MR) is 106 cm³/mol. The number of rotatable bonds is 8. The third-order valence-corrected chi connectivity index (χ3v) is 7.49. The summed E-state index contributed by atoms with van der Waals surface area (Å²) in [5, 5.41) is 11.9. The lowest BCUT2D eigenvalue weighted by atomic mass is 9.99. The fourth-order valence-corrected chi connectivity index (χ4v) is 4.97. The summed E-state index contributed by atoms with van der Waals surface area (Å²) in [4.78, 5) is 1.70. The molecule has 9 heteroatoms. The van der Waals surface area contributed by atoms with Crippen molar-refractivity contribution >= 4 is 10.0 Å². The highest BCUT2D eigenvalue weighted by Gasteiger charge is 2.31. The van der Waals surface area contributed by atoms with Gasteiger partial charge >= 0.3 is 0 Å². The molecule has 0 spiro atoms. The Morgan fingerprint density at radius 3 is 2.43 bits per heavy atom. The van der Waals surface area contributed by atoms with Crippen molar-refractivity contribution in [3.8, 4) is 0 Å². The van der Waals surface area contributed by atoms with Crippen LogP contribution in [0.2, 0.25) is 0 Å². The maximum Gasteiger partial charge on any atom is 0.243 e. The van der Waals surface area contributed by atoms with Gasteiger partial charge in [0.25, 0.3) is 0 Å². The molecule has 0 aliphatic carbocycles. The normalized spacial score (nSPS) is 17.7. The van der Waals surface area contributed by atoms with Crippen molar-refractivity contribution in [2.75, 3.05) is 26.2 Å². The highest BCUT2D eigenvalue weighted by molar-refractivity contribution is 7.89. The van der Waals surface area contributed by atoms with Crippen LogP contribution in [0.15, 0.2) is 29.2 Å². The van der Waals surface area contributed by atoms with Crippen LogP contribution in [0.3, 0.4) is 0 Å². The Labute approximate surface area is 167 Å². The molecule has 1 saturated heterocycles. The smallest absolute Gasteiger partial charge is 0.243 e. The fraction of sp³-hybridized carbons (Fsp3) is 0.632. The van der Waals surface area contributed by atoms with Crippen LogP contribution in [0.25, 0.3) is 0 Å². The van der Waals surface area contributed by atoms with Crippen molar-refractivity contribution in [1.29, 1.82) is 0 Å². The lowest BCUT2D eigenvalue weighted by Crippen LogP contribution is -3.13. The van der Waals surface area contributed by atoms with E-state index >= 15 is 0 Å². The predicted octanol–water partition coefficient (Wildman–Crippen LogP) is 0.686. The molecule has 1 atom stereocenters. The number of sulfonamides is 1. The third-order valence-electron chi connectivity index (χ3n) is 5.58. The van der Waals surface area contributed by atoms with Crippen LogP contribution in [-0.2, 0) is 23.1 Å². The highest BCUT2D eigenvalue weighted by Crippen LogP contribution is 2.22. The number of aromatic nitrogens is 4. The summed E-state index contributed by atoms with van der Waals surface area (Å²) in [5.41, 5.74) is 1.18. The molecule has 0 amide bonds. The minimum atomic E-state index is -3.44. The summed E-state index contributed by atoms with van der Waals surface area (Å²) >= 11 is 0. The van der Waals surface area contributed by atoms with Crippen LogP contribution in [-0.4, -0.2) is 59.1 Å². The molecule has 0 radical (unpaired) electrons. The first-order valence-corrected chi connectivity index (χ1v) is 11.6. The molecular weight excluding hydrogens is 376 g/mol. The van der Waals surface area contributed by atoms with E-state index in [4.69, 9.17) is 0 Å². The molecule has 1 aliphatic rings. The molecule has 1 aromatic carbocycles. The molecule has 0 unspecified atom stereocenters. The van der Waals surface area contributed by atoms with E-state index in [2.05, 4.69) is 36.3 Å². The van der Waals surface area contributed by atoms with Crippen LogP contribution in [0.4, 0.5) is 0 Å². The maximum atomic E-state index is 13.0. The van der Waals surface area contributed by atoms with Crippen molar-refractivity contribution in [1.82, 2.24) is 24.5 Å². The minimum absolute atomic E-state index is 0.384. The summed E-state index contributed by atoms with van der Waals surface area (Å²) in [6, 6.07) is 7.37. The van der Waals surface area contributed by atoms with Gasteiger partial charge in [-0.25, -0.2) is 13.1 Å². The Bertz CT molecular complexity index is 857. The van der Waals surface area contributed by atoms with E-state index in [1.165, 1.54) is 10.5 Å². The Morgan fingerprint density at radius 1 is 1.14 bits per heavy atom. The third kappa shape index (κ3) is 4.59.